The Morgan fingerprint density at radius 1 is 1.12 bits per heavy atom. The zero-order chi connectivity index (χ0) is 12.1. The molecule has 1 aromatic heterocycles. The molecule has 0 aliphatic rings. The predicted molar refractivity (Wildman–Crippen MR) is 66.6 cm³/mol. The van der Waals surface area contributed by atoms with Crippen molar-refractivity contribution in [1.29, 1.82) is 0 Å². The summed E-state index contributed by atoms with van der Waals surface area (Å²) in [6.07, 6.45) is 1.37. The van der Waals surface area contributed by atoms with E-state index in [4.69, 9.17) is 0 Å². The first kappa shape index (κ1) is 11.8. The highest BCUT2D eigenvalue weighted by Gasteiger charge is 2.14. The Morgan fingerprint density at radius 3 is 2.53 bits per heavy atom. The molecule has 0 aliphatic heterocycles. The lowest BCUT2D eigenvalue weighted by Gasteiger charge is -1.99. The summed E-state index contributed by atoms with van der Waals surface area (Å²) in [6, 6.07) is 11.5. The van der Waals surface area contributed by atoms with Gasteiger partial charge in [0.15, 0.2) is 0 Å². The number of rotatable bonds is 4. The summed E-state index contributed by atoms with van der Waals surface area (Å²) in [5, 5.41) is 5.33. The minimum atomic E-state index is -3.81. The predicted octanol–water partition coefficient (Wildman–Crippen LogP) is 2.49. The van der Waals surface area contributed by atoms with E-state index in [9.17, 15) is 8.42 Å². The van der Waals surface area contributed by atoms with E-state index in [1.807, 2.05) is 17.5 Å². The van der Waals surface area contributed by atoms with Crippen molar-refractivity contribution >= 4 is 27.7 Å². The molecule has 0 radical (unpaired) electrons. The van der Waals surface area contributed by atoms with Gasteiger partial charge >= 0.3 is 10.1 Å². The van der Waals surface area contributed by atoms with Gasteiger partial charge in [0.2, 0.25) is 0 Å². The van der Waals surface area contributed by atoms with Crippen molar-refractivity contribution in [1.82, 2.24) is 0 Å². The minimum absolute atomic E-state index is 0.0864. The van der Waals surface area contributed by atoms with Gasteiger partial charge < -0.3 is 0 Å². The quantitative estimate of drug-likeness (QED) is 0.631. The Labute approximate surface area is 103 Å². The van der Waals surface area contributed by atoms with Crippen LogP contribution in [-0.4, -0.2) is 14.6 Å². The van der Waals surface area contributed by atoms with Crippen LogP contribution in [0, 0.1) is 0 Å². The van der Waals surface area contributed by atoms with Crippen LogP contribution in [0.5, 0.6) is 0 Å². The van der Waals surface area contributed by atoms with Gasteiger partial charge in [-0.25, -0.2) is 0 Å². The SMILES string of the molecule is O=S(=O)(O/N=C/c1cccs1)c1ccccc1. The van der Waals surface area contributed by atoms with Crippen LogP contribution in [0.3, 0.4) is 0 Å². The summed E-state index contributed by atoms with van der Waals surface area (Å²) in [6.45, 7) is 0. The highest BCUT2D eigenvalue weighted by atomic mass is 32.2. The largest absolute Gasteiger partial charge is 0.358 e. The number of hydrogen-bond acceptors (Lipinski definition) is 5. The topological polar surface area (TPSA) is 55.7 Å². The van der Waals surface area contributed by atoms with Crippen LogP contribution in [0.4, 0.5) is 0 Å². The number of hydrogen-bond donors (Lipinski definition) is 0. The van der Waals surface area contributed by atoms with Gasteiger partial charge in [0, 0.05) is 4.88 Å². The molecule has 0 atom stereocenters. The molecule has 6 heteroatoms. The maximum atomic E-state index is 11.6. The Morgan fingerprint density at radius 2 is 1.88 bits per heavy atom. The molecule has 0 amide bonds. The summed E-state index contributed by atoms with van der Waals surface area (Å²) in [5.41, 5.74) is 0. The van der Waals surface area contributed by atoms with E-state index in [2.05, 4.69) is 9.44 Å². The van der Waals surface area contributed by atoms with Crippen LogP contribution >= 0.6 is 11.3 Å². The molecular formula is C11H9NO3S2. The Kier molecular flexibility index (Phi) is 3.55. The van der Waals surface area contributed by atoms with Gasteiger partial charge in [0.1, 0.15) is 4.90 Å². The van der Waals surface area contributed by atoms with Gasteiger partial charge in [-0.1, -0.05) is 29.4 Å². The zero-order valence-electron chi connectivity index (χ0n) is 8.68. The summed E-state index contributed by atoms with van der Waals surface area (Å²) >= 11 is 1.45. The molecule has 0 spiro atoms. The first-order valence-electron chi connectivity index (χ1n) is 4.74. The van der Waals surface area contributed by atoms with Crippen molar-refractivity contribution in [3.05, 3.63) is 52.7 Å². The maximum absolute atomic E-state index is 11.6. The van der Waals surface area contributed by atoms with Crippen molar-refractivity contribution in [3.8, 4) is 0 Å². The van der Waals surface area contributed by atoms with E-state index in [-0.39, 0.29) is 4.90 Å². The molecule has 0 saturated carbocycles. The average molecular weight is 267 g/mol. The van der Waals surface area contributed by atoms with Gasteiger partial charge in [-0.15, -0.1) is 11.3 Å². The Hall–Kier alpha value is -1.66. The van der Waals surface area contributed by atoms with Crippen LogP contribution in [0.1, 0.15) is 4.88 Å². The molecule has 2 aromatic rings. The third kappa shape index (κ3) is 3.15. The normalized spacial score (nSPS) is 11.8. The van der Waals surface area contributed by atoms with Crippen LogP contribution in [-0.2, 0) is 14.4 Å². The summed E-state index contributed by atoms with van der Waals surface area (Å²) in [5.74, 6) is 0. The standard InChI is InChI=1S/C11H9NO3S2/c13-17(14,11-6-2-1-3-7-11)15-12-9-10-5-4-8-16-10/h1-9H/b12-9+. The molecule has 4 nitrogen and oxygen atoms in total. The second-order valence-corrected chi connectivity index (χ2v) is 5.60. The van der Waals surface area contributed by atoms with Crippen LogP contribution in [0.15, 0.2) is 57.9 Å². The Bertz CT molecular complexity index is 589. The van der Waals surface area contributed by atoms with Crippen molar-refractivity contribution in [2.45, 2.75) is 4.90 Å². The highest BCUT2D eigenvalue weighted by molar-refractivity contribution is 7.86. The molecule has 2 rings (SSSR count). The third-order valence-electron chi connectivity index (χ3n) is 1.90. The van der Waals surface area contributed by atoms with Crippen molar-refractivity contribution in [2.24, 2.45) is 5.16 Å². The lowest BCUT2D eigenvalue weighted by Crippen LogP contribution is -2.02. The van der Waals surface area contributed by atoms with Crippen molar-refractivity contribution in [3.63, 3.8) is 0 Å². The molecule has 0 bridgehead atoms. The fourth-order valence-corrected chi connectivity index (χ4v) is 2.43. The van der Waals surface area contributed by atoms with Crippen LogP contribution in [0.25, 0.3) is 0 Å². The van der Waals surface area contributed by atoms with E-state index in [0.29, 0.717) is 0 Å². The summed E-state index contributed by atoms with van der Waals surface area (Å²) < 4.78 is 27.8. The molecule has 0 unspecified atom stereocenters. The second kappa shape index (κ2) is 5.11. The molecule has 1 heterocycles. The molecule has 0 aliphatic carbocycles. The molecule has 0 fully saturated rings. The van der Waals surface area contributed by atoms with Crippen molar-refractivity contribution in [2.75, 3.05) is 0 Å². The second-order valence-electron chi connectivity index (χ2n) is 3.09. The lowest BCUT2D eigenvalue weighted by molar-refractivity contribution is 0.341. The number of nitrogens with zero attached hydrogens (tertiary/aromatic N) is 1. The Balaban J connectivity index is 2.09. The van der Waals surface area contributed by atoms with Gasteiger partial charge in [0.25, 0.3) is 0 Å². The fourth-order valence-electron chi connectivity index (χ4n) is 1.13. The first-order valence-corrected chi connectivity index (χ1v) is 7.03. The molecule has 17 heavy (non-hydrogen) atoms. The molecular weight excluding hydrogens is 258 g/mol. The third-order valence-corrected chi connectivity index (χ3v) is 3.83. The first-order chi connectivity index (χ1) is 8.18. The van der Waals surface area contributed by atoms with E-state index >= 15 is 0 Å². The van der Waals surface area contributed by atoms with Crippen molar-refractivity contribution < 1.29 is 12.7 Å². The molecule has 0 N–H and O–H groups in total. The monoisotopic (exact) mass is 267 g/mol. The molecule has 0 saturated heterocycles. The van der Waals surface area contributed by atoms with E-state index in [1.54, 1.807) is 18.2 Å². The van der Waals surface area contributed by atoms with Gasteiger partial charge in [-0.2, -0.15) is 8.42 Å². The van der Waals surface area contributed by atoms with E-state index in [1.165, 1.54) is 29.7 Å². The van der Waals surface area contributed by atoms with Gasteiger partial charge in [-0.05, 0) is 23.6 Å². The lowest BCUT2D eigenvalue weighted by atomic mass is 10.4. The number of thiophene rings is 1. The average Bonchev–Trinajstić information content (AvgIpc) is 2.83. The summed E-state index contributed by atoms with van der Waals surface area (Å²) in [4.78, 5) is 0.914. The van der Waals surface area contributed by atoms with Gasteiger partial charge in [0.05, 0.1) is 6.21 Å². The maximum Gasteiger partial charge on any atom is 0.358 e. The smallest absolute Gasteiger partial charge is 0.265 e. The van der Waals surface area contributed by atoms with Crippen LogP contribution < -0.4 is 0 Å². The fraction of sp³-hybridized carbons (Fsp3) is 0. The minimum Gasteiger partial charge on any atom is -0.265 e. The summed E-state index contributed by atoms with van der Waals surface area (Å²) in [7, 11) is -3.81. The zero-order valence-corrected chi connectivity index (χ0v) is 10.3. The van der Waals surface area contributed by atoms with Gasteiger partial charge in [-0.3, -0.25) is 4.28 Å². The van der Waals surface area contributed by atoms with E-state index < -0.39 is 10.1 Å². The molecule has 88 valence electrons. The number of oxime groups is 1. The highest BCUT2D eigenvalue weighted by Crippen LogP contribution is 2.12. The number of benzene rings is 1. The van der Waals surface area contributed by atoms with E-state index in [0.717, 1.165) is 4.88 Å². The molecule has 1 aromatic carbocycles. The van der Waals surface area contributed by atoms with Crippen LogP contribution in [0.2, 0.25) is 0 Å².